The third kappa shape index (κ3) is 4.17. The molecule has 1 atom stereocenters. The van der Waals surface area contributed by atoms with E-state index in [1.165, 1.54) is 12.1 Å². The van der Waals surface area contributed by atoms with Crippen LogP contribution in [0.3, 0.4) is 0 Å². The fourth-order valence-corrected chi connectivity index (χ4v) is 3.84. The van der Waals surface area contributed by atoms with Crippen molar-refractivity contribution in [2.24, 2.45) is 0 Å². The molecule has 1 fully saturated rings. The molecule has 1 saturated heterocycles. The van der Waals surface area contributed by atoms with Crippen molar-refractivity contribution in [2.75, 3.05) is 13.2 Å². The van der Waals surface area contributed by atoms with E-state index in [2.05, 4.69) is 10.4 Å². The fraction of sp³-hybridized carbons (Fsp3) is 0.353. The highest BCUT2D eigenvalue weighted by Gasteiger charge is 2.21. The topological polar surface area (TPSA) is 107 Å². The number of sulfone groups is 1. The van der Waals surface area contributed by atoms with E-state index < -0.39 is 21.3 Å². The van der Waals surface area contributed by atoms with Crippen LogP contribution in [0.15, 0.2) is 57.2 Å². The number of nitrogens with zero attached hydrogens (tertiary/aromatic N) is 2. The first-order valence-corrected chi connectivity index (χ1v) is 9.72. The van der Waals surface area contributed by atoms with Gasteiger partial charge in [0, 0.05) is 19.2 Å². The summed E-state index contributed by atoms with van der Waals surface area (Å²) in [5.74, 6) is -0.427. The zero-order valence-corrected chi connectivity index (χ0v) is 14.8. The van der Waals surface area contributed by atoms with Gasteiger partial charge in [-0.15, -0.1) is 0 Å². The highest BCUT2D eigenvalue weighted by molar-refractivity contribution is 7.91. The quantitative estimate of drug-likeness (QED) is 0.779. The zero-order chi connectivity index (χ0) is 18.6. The summed E-state index contributed by atoms with van der Waals surface area (Å²) >= 11 is 0. The number of ether oxygens (including phenoxy) is 1. The zero-order valence-electron chi connectivity index (χ0n) is 14.0. The summed E-state index contributed by atoms with van der Waals surface area (Å²) in [6.45, 7) is 0.681. The summed E-state index contributed by atoms with van der Waals surface area (Å²) in [6.07, 6.45) is 1.82. The van der Waals surface area contributed by atoms with Gasteiger partial charge >= 0.3 is 0 Å². The molecule has 0 bridgehead atoms. The van der Waals surface area contributed by atoms with E-state index in [0.717, 1.165) is 29.7 Å². The van der Waals surface area contributed by atoms with Crippen molar-refractivity contribution in [3.05, 3.63) is 52.8 Å². The fourth-order valence-electron chi connectivity index (χ4n) is 2.63. The Balaban J connectivity index is 1.75. The van der Waals surface area contributed by atoms with Crippen LogP contribution in [0.25, 0.3) is 0 Å². The maximum Gasteiger partial charge on any atom is 0.267 e. The van der Waals surface area contributed by atoms with Gasteiger partial charge in [0.05, 0.1) is 11.0 Å². The molecule has 0 radical (unpaired) electrons. The van der Waals surface area contributed by atoms with Crippen molar-refractivity contribution < 1.29 is 17.9 Å². The minimum atomic E-state index is -3.86. The lowest BCUT2D eigenvalue weighted by atomic mass is 10.2. The minimum absolute atomic E-state index is 0.0200. The SMILES string of the molecule is O=C(Cn1nc(S(=O)(=O)c2ccccc2)ccc1=O)NCC1CCCO1. The van der Waals surface area contributed by atoms with Gasteiger partial charge < -0.3 is 10.1 Å². The number of aromatic nitrogens is 2. The van der Waals surface area contributed by atoms with Crippen LogP contribution in [0.2, 0.25) is 0 Å². The maximum absolute atomic E-state index is 12.6. The van der Waals surface area contributed by atoms with Crippen molar-refractivity contribution in [3.63, 3.8) is 0 Å². The first-order chi connectivity index (χ1) is 12.5. The third-order valence-corrected chi connectivity index (χ3v) is 5.68. The Bertz CT molecular complexity index is 934. The van der Waals surface area contributed by atoms with Gasteiger partial charge in [-0.25, -0.2) is 13.1 Å². The normalized spacial score (nSPS) is 17.2. The molecule has 26 heavy (non-hydrogen) atoms. The van der Waals surface area contributed by atoms with Crippen LogP contribution in [0.4, 0.5) is 0 Å². The molecule has 2 aromatic rings. The molecule has 1 aliphatic rings. The van der Waals surface area contributed by atoms with Gasteiger partial charge in [0.15, 0.2) is 5.03 Å². The molecule has 1 N–H and O–H groups in total. The molecule has 0 spiro atoms. The molecular weight excluding hydrogens is 358 g/mol. The summed E-state index contributed by atoms with van der Waals surface area (Å²) in [6, 6.07) is 10.0. The first kappa shape index (κ1) is 18.3. The largest absolute Gasteiger partial charge is 0.376 e. The van der Waals surface area contributed by atoms with Crippen molar-refractivity contribution >= 4 is 15.7 Å². The summed E-state index contributed by atoms with van der Waals surface area (Å²) < 4.78 is 31.4. The van der Waals surface area contributed by atoms with Gasteiger partial charge in [-0.2, -0.15) is 5.10 Å². The number of rotatable bonds is 6. The Morgan fingerprint density at radius 1 is 1.23 bits per heavy atom. The van der Waals surface area contributed by atoms with Crippen LogP contribution in [-0.2, 0) is 25.9 Å². The predicted molar refractivity (Wildman–Crippen MR) is 92.4 cm³/mol. The number of benzene rings is 1. The second kappa shape index (κ2) is 7.79. The van der Waals surface area contributed by atoms with Crippen molar-refractivity contribution in [3.8, 4) is 0 Å². The first-order valence-electron chi connectivity index (χ1n) is 8.23. The van der Waals surface area contributed by atoms with E-state index in [1.807, 2.05) is 0 Å². The summed E-state index contributed by atoms with van der Waals surface area (Å²) in [5.41, 5.74) is -0.552. The Morgan fingerprint density at radius 2 is 2.00 bits per heavy atom. The molecule has 8 nitrogen and oxygen atoms in total. The molecule has 0 saturated carbocycles. The van der Waals surface area contributed by atoms with E-state index in [4.69, 9.17) is 4.74 Å². The molecule has 138 valence electrons. The number of carbonyl (C=O) groups is 1. The highest BCUT2D eigenvalue weighted by Crippen LogP contribution is 2.17. The molecule has 1 aromatic heterocycles. The van der Waals surface area contributed by atoms with Crippen molar-refractivity contribution in [1.29, 1.82) is 0 Å². The van der Waals surface area contributed by atoms with Crippen LogP contribution >= 0.6 is 0 Å². The summed E-state index contributed by atoms with van der Waals surface area (Å²) in [5, 5.41) is 6.26. The van der Waals surface area contributed by atoms with Crippen LogP contribution in [0, 0.1) is 0 Å². The second-order valence-electron chi connectivity index (χ2n) is 5.92. The molecule has 1 aromatic carbocycles. The second-order valence-corrected chi connectivity index (χ2v) is 7.82. The number of nitrogens with one attached hydrogen (secondary N) is 1. The Hall–Kier alpha value is -2.52. The van der Waals surface area contributed by atoms with E-state index in [1.54, 1.807) is 18.2 Å². The van der Waals surface area contributed by atoms with Gasteiger partial charge in [0.2, 0.25) is 15.7 Å². The number of amides is 1. The molecule has 0 aliphatic carbocycles. The smallest absolute Gasteiger partial charge is 0.267 e. The standard InChI is InChI=1S/C17H19N3O5S/c21-15(18-11-13-5-4-10-25-13)12-20-17(22)9-8-16(19-20)26(23,24)14-6-2-1-3-7-14/h1-3,6-9,13H,4-5,10-12H2,(H,18,21). The van der Waals surface area contributed by atoms with E-state index in [0.29, 0.717) is 13.2 Å². The van der Waals surface area contributed by atoms with Crippen molar-refractivity contribution in [2.45, 2.75) is 35.4 Å². The summed E-state index contributed by atoms with van der Waals surface area (Å²) in [7, 11) is -3.86. The van der Waals surface area contributed by atoms with Gasteiger partial charge in [0.25, 0.3) is 5.56 Å². The van der Waals surface area contributed by atoms with E-state index in [-0.39, 0.29) is 22.6 Å². The predicted octanol–water partition coefficient (Wildman–Crippen LogP) is 0.371. The number of carbonyl (C=O) groups excluding carboxylic acids is 1. The van der Waals surface area contributed by atoms with Gasteiger partial charge in [-0.05, 0) is 31.0 Å². The van der Waals surface area contributed by atoms with E-state index >= 15 is 0 Å². The molecular formula is C17H19N3O5S. The summed E-state index contributed by atoms with van der Waals surface area (Å²) in [4.78, 5) is 24.0. The minimum Gasteiger partial charge on any atom is -0.376 e. The maximum atomic E-state index is 12.6. The monoisotopic (exact) mass is 377 g/mol. The molecule has 1 aliphatic heterocycles. The lowest BCUT2D eigenvalue weighted by Gasteiger charge is -2.11. The van der Waals surface area contributed by atoms with Crippen LogP contribution in [0.1, 0.15) is 12.8 Å². The van der Waals surface area contributed by atoms with Crippen molar-refractivity contribution in [1.82, 2.24) is 15.1 Å². The van der Waals surface area contributed by atoms with E-state index in [9.17, 15) is 18.0 Å². The molecule has 3 rings (SSSR count). The molecule has 1 amide bonds. The lowest BCUT2D eigenvalue weighted by Crippen LogP contribution is -2.37. The van der Waals surface area contributed by atoms with Crippen LogP contribution < -0.4 is 10.9 Å². The lowest BCUT2D eigenvalue weighted by molar-refractivity contribution is -0.122. The highest BCUT2D eigenvalue weighted by atomic mass is 32.2. The molecule has 1 unspecified atom stereocenters. The average molecular weight is 377 g/mol. The third-order valence-electron chi connectivity index (χ3n) is 4.02. The van der Waals surface area contributed by atoms with Gasteiger partial charge in [-0.3, -0.25) is 9.59 Å². The Morgan fingerprint density at radius 3 is 2.69 bits per heavy atom. The molecule has 2 heterocycles. The number of hydrogen-bond donors (Lipinski definition) is 1. The van der Waals surface area contributed by atoms with Crippen LogP contribution in [-0.4, -0.2) is 43.4 Å². The Kier molecular flexibility index (Phi) is 5.48. The number of hydrogen-bond acceptors (Lipinski definition) is 6. The Labute approximate surface area is 150 Å². The molecule has 9 heteroatoms. The van der Waals surface area contributed by atoms with Gasteiger partial charge in [0.1, 0.15) is 6.54 Å². The average Bonchev–Trinajstić information content (AvgIpc) is 3.16. The van der Waals surface area contributed by atoms with Crippen LogP contribution in [0.5, 0.6) is 0 Å². The van der Waals surface area contributed by atoms with Gasteiger partial charge in [-0.1, -0.05) is 18.2 Å².